The lowest BCUT2D eigenvalue weighted by Crippen LogP contribution is -2.35. The van der Waals surface area contributed by atoms with Gasteiger partial charge >= 0.3 is 0 Å². The number of hydrogen-bond donors (Lipinski definition) is 1. The topological polar surface area (TPSA) is 82.0 Å². The predicted molar refractivity (Wildman–Crippen MR) is 104 cm³/mol. The van der Waals surface area contributed by atoms with Crippen molar-refractivity contribution in [3.63, 3.8) is 0 Å². The second-order valence-corrected chi connectivity index (χ2v) is 7.31. The van der Waals surface area contributed by atoms with E-state index in [9.17, 15) is 9.18 Å². The molecule has 4 rings (SSSR count). The van der Waals surface area contributed by atoms with Crippen LogP contribution in [0.1, 0.15) is 19.6 Å². The Morgan fingerprint density at radius 1 is 1.22 bits per heavy atom. The van der Waals surface area contributed by atoms with E-state index in [2.05, 4.69) is 10.1 Å². The molecule has 2 aliphatic heterocycles. The van der Waals surface area contributed by atoms with E-state index in [-0.39, 0.29) is 23.1 Å². The van der Waals surface area contributed by atoms with Crippen molar-refractivity contribution < 1.29 is 13.6 Å². The summed E-state index contributed by atoms with van der Waals surface area (Å²) < 4.78 is 18.8. The van der Waals surface area contributed by atoms with Crippen LogP contribution in [-0.4, -0.2) is 27.0 Å². The minimum Gasteiger partial charge on any atom is -0.457 e. The number of hydrogen-bond acceptors (Lipinski definition) is 5. The van der Waals surface area contributed by atoms with Crippen LogP contribution in [0.15, 0.2) is 56.5 Å². The first-order valence-electron chi connectivity index (χ1n) is 8.28. The molecule has 0 radical (unpaired) electrons. The molecule has 1 aromatic carbocycles. The summed E-state index contributed by atoms with van der Waals surface area (Å²) in [5.74, 6) is 0.263. The van der Waals surface area contributed by atoms with E-state index in [4.69, 9.17) is 9.83 Å². The average molecular weight is 382 g/mol. The van der Waals surface area contributed by atoms with Crippen molar-refractivity contribution in [3.05, 3.63) is 53.5 Å². The molecule has 0 unspecified atom stereocenters. The molecule has 0 bridgehead atoms. The fourth-order valence-electron chi connectivity index (χ4n) is 2.58. The van der Waals surface area contributed by atoms with Crippen LogP contribution in [0.2, 0.25) is 0 Å². The molecule has 0 saturated heterocycles. The third kappa shape index (κ3) is 3.23. The quantitative estimate of drug-likeness (QED) is 0.800. The van der Waals surface area contributed by atoms with Gasteiger partial charge in [0.05, 0.1) is 5.57 Å². The number of rotatable bonds is 3. The molecule has 8 heteroatoms. The van der Waals surface area contributed by atoms with Crippen LogP contribution in [0.5, 0.6) is 0 Å². The van der Waals surface area contributed by atoms with Crippen LogP contribution >= 0.6 is 11.8 Å². The van der Waals surface area contributed by atoms with Gasteiger partial charge in [-0.2, -0.15) is 15.1 Å². The van der Waals surface area contributed by atoms with Gasteiger partial charge in [-0.05, 0) is 54.2 Å². The minimum atomic E-state index is -0.501. The molecule has 6 nitrogen and oxygen atoms in total. The molecule has 2 aliphatic rings. The summed E-state index contributed by atoms with van der Waals surface area (Å²) in [6.45, 7) is 3.99. The van der Waals surface area contributed by atoms with Gasteiger partial charge < -0.3 is 4.42 Å². The van der Waals surface area contributed by atoms with Crippen LogP contribution in [0.25, 0.3) is 17.4 Å². The standard InChI is InChI=1S/C19H15FN4O2S/c1-10(2)18-23-24-16(21)14(17(25)22-19(24)27-18)9-13-7-8-15(26-13)11-3-5-12(20)6-4-11/h3-10,21H,1-2H3/b14-9-,21-16?. The van der Waals surface area contributed by atoms with Gasteiger partial charge in [-0.1, -0.05) is 13.8 Å². The molecule has 3 heterocycles. The number of carbonyl (C=O) groups is 1. The summed E-state index contributed by atoms with van der Waals surface area (Å²) in [7, 11) is 0. The van der Waals surface area contributed by atoms with Crippen LogP contribution in [0.3, 0.4) is 0 Å². The third-order valence-electron chi connectivity index (χ3n) is 4.01. The van der Waals surface area contributed by atoms with E-state index in [1.165, 1.54) is 35.0 Å². The molecule has 0 spiro atoms. The Morgan fingerprint density at radius 2 is 1.96 bits per heavy atom. The summed E-state index contributed by atoms with van der Waals surface area (Å²) in [6.07, 6.45) is 1.48. The highest BCUT2D eigenvalue weighted by Gasteiger charge is 2.36. The first-order chi connectivity index (χ1) is 12.9. The number of thioether (sulfide) groups is 1. The van der Waals surface area contributed by atoms with Gasteiger partial charge in [0.25, 0.3) is 5.91 Å². The van der Waals surface area contributed by atoms with E-state index in [0.29, 0.717) is 22.3 Å². The molecule has 0 saturated carbocycles. The van der Waals surface area contributed by atoms with Gasteiger partial charge in [0.1, 0.15) is 22.4 Å². The number of carbonyl (C=O) groups excluding carboxylic acids is 1. The second-order valence-electron chi connectivity index (χ2n) is 6.32. The zero-order chi connectivity index (χ0) is 19.1. The first kappa shape index (κ1) is 17.4. The normalized spacial score (nSPS) is 18.2. The lowest BCUT2D eigenvalue weighted by molar-refractivity contribution is -0.114. The van der Waals surface area contributed by atoms with Crippen LogP contribution in [-0.2, 0) is 4.79 Å². The zero-order valence-electron chi connectivity index (χ0n) is 14.6. The Kier molecular flexibility index (Phi) is 4.27. The highest BCUT2D eigenvalue weighted by molar-refractivity contribution is 8.27. The number of benzene rings is 1. The Labute approximate surface area is 159 Å². The molecular weight excluding hydrogens is 367 g/mol. The van der Waals surface area contributed by atoms with Gasteiger partial charge in [-0.25, -0.2) is 4.39 Å². The number of aliphatic imine (C=N–C) groups is 1. The summed E-state index contributed by atoms with van der Waals surface area (Å²) in [6, 6.07) is 9.33. The summed E-state index contributed by atoms with van der Waals surface area (Å²) in [5.41, 5.74) is 0.821. The maximum Gasteiger partial charge on any atom is 0.283 e. The zero-order valence-corrected chi connectivity index (χ0v) is 15.4. The molecule has 1 amide bonds. The molecule has 2 aromatic rings. The number of halogens is 1. The van der Waals surface area contributed by atoms with Gasteiger partial charge in [-0.15, -0.1) is 0 Å². The highest BCUT2D eigenvalue weighted by atomic mass is 32.2. The van der Waals surface area contributed by atoms with Gasteiger partial charge in [0.15, 0.2) is 5.84 Å². The lowest BCUT2D eigenvalue weighted by atomic mass is 10.1. The Bertz CT molecular complexity index is 1030. The highest BCUT2D eigenvalue weighted by Crippen LogP contribution is 2.31. The molecule has 136 valence electrons. The molecule has 0 aliphatic carbocycles. The molecule has 0 atom stereocenters. The maximum absolute atomic E-state index is 13.1. The summed E-state index contributed by atoms with van der Waals surface area (Å²) >= 11 is 1.30. The van der Waals surface area contributed by atoms with Gasteiger partial charge in [0.2, 0.25) is 5.17 Å². The molecular formula is C19H15FN4O2S. The van der Waals surface area contributed by atoms with Crippen molar-refractivity contribution in [2.75, 3.05) is 0 Å². The number of nitrogens with one attached hydrogen (secondary N) is 1. The molecule has 0 fully saturated rings. The number of furan rings is 1. The van der Waals surface area contributed by atoms with Crippen molar-refractivity contribution in [2.45, 2.75) is 13.8 Å². The van der Waals surface area contributed by atoms with Crippen molar-refractivity contribution in [1.82, 2.24) is 5.01 Å². The van der Waals surface area contributed by atoms with Gasteiger partial charge in [0, 0.05) is 11.5 Å². The summed E-state index contributed by atoms with van der Waals surface area (Å²) in [4.78, 5) is 16.4. The Hall–Kier alpha value is -3.00. The van der Waals surface area contributed by atoms with Crippen molar-refractivity contribution in [1.29, 1.82) is 5.41 Å². The first-order valence-corrected chi connectivity index (χ1v) is 9.10. The fraction of sp³-hybridized carbons (Fsp3) is 0.158. The van der Waals surface area contributed by atoms with E-state index in [0.717, 1.165) is 5.04 Å². The fourth-order valence-corrected chi connectivity index (χ4v) is 3.47. The number of fused-ring (bicyclic) bond motifs is 1. The average Bonchev–Trinajstić information content (AvgIpc) is 3.26. The van der Waals surface area contributed by atoms with E-state index in [1.54, 1.807) is 24.3 Å². The van der Waals surface area contributed by atoms with Crippen LogP contribution in [0, 0.1) is 17.1 Å². The Balaban J connectivity index is 1.64. The minimum absolute atomic E-state index is 0.0344. The second kappa shape index (κ2) is 6.62. The summed E-state index contributed by atoms with van der Waals surface area (Å²) in [5, 5.41) is 15.3. The predicted octanol–water partition coefficient (Wildman–Crippen LogP) is 4.36. The molecule has 27 heavy (non-hydrogen) atoms. The third-order valence-corrected chi connectivity index (χ3v) is 5.22. The Morgan fingerprint density at radius 3 is 2.67 bits per heavy atom. The SMILES string of the molecule is CC(C)C1=NN2C(=N)/C(=C/c3ccc(-c4ccc(F)cc4)o3)C(=O)N=C2S1. The van der Waals surface area contributed by atoms with Crippen LogP contribution in [0.4, 0.5) is 4.39 Å². The number of amides is 1. The van der Waals surface area contributed by atoms with Gasteiger partial charge in [-0.3, -0.25) is 10.2 Å². The molecule has 1 N–H and O–H groups in total. The lowest BCUT2D eigenvalue weighted by Gasteiger charge is -2.19. The monoisotopic (exact) mass is 382 g/mol. The molecule has 1 aromatic heterocycles. The number of amidine groups is 2. The smallest absolute Gasteiger partial charge is 0.283 e. The number of nitrogens with zero attached hydrogens (tertiary/aromatic N) is 3. The van der Waals surface area contributed by atoms with E-state index < -0.39 is 5.91 Å². The van der Waals surface area contributed by atoms with Crippen molar-refractivity contribution in [2.24, 2.45) is 16.0 Å². The maximum atomic E-state index is 13.1. The van der Waals surface area contributed by atoms with E-state index in [1.807, 2.05) is 13.8 Å². The number of hydrazone groups is 1. The largest absolute Gasteiger partial charge is 0.457 e. The van der Waals surface area contributed by atoms with E-state index >= 15 is 0 Å². The van der Waals surface area contributed by atoms with Crippen LogP contribution < -0.4 is 0 Å². The van der Waals surface area contributed by atoms with Crippen molar-refractivity contribution >= 4 is 39.8 Å². The van der Waals surface area contributed by atoms with Crippen molar-refractivity contribution in [3.8, 4) is 11.3 Å².